The molecule has 26 heavy (non-hydrogen) atoms. The number of methoxy groups -OCH3 is 1. The first kappa shape index (κ1) is 19.3. The predicted molar refractivity (Wildman–Crippen MR) is 88.5 cm³/mol. The van der Waals surface area contributed by atoms with Crippen LogP contribution in [0.3, 0.4) is 0 Å². The highest BCUT2D eigenvalue weighted by Crippen LogP contribution is 2.28. The number of hydrogen-bond donors (Lipinski definition) is 1. The van der Waals surface area contributed by atoms with Gasteiger partial charge in [0.05, 0.1) is 18.4 Å². The second-order valence-corrected chi connectivity index (χ2v) is 5.43. The van der Waals surface area contributed by atoms with E-state index in [0.717, 1.165) is 0 Å². The van der Waals surface area contributed by atoms with E-state index in [1.165, 1.54) is 43.5 Å². The van der Waals surface area contributed by atoms with E-state index in [2.05, 4.69) is 10.1 Å². The van der Waals surface area contributed by atoms with Crippen LogP contribution < -0.4 is 10.1 Å². The topological polar surface area (TPSA) is 64.6 Å². The Morgan fingerprint density at radius 1 is 1.04 bits per heavy atom. The van der Waals surface area contributed by atoms with E-state index in [4.69, 9.17) is 4.74 Å². The second kappa shape index (κ2) is 7.90. The molecule has 0 bridgehead atoms. The summed E-state index contributed by atoms with van der Waals surface area (Å²) in [6.07, 6.45) is -4.49. The number of amides is 1. The van der Waals surface area contributed by atoms with Crippen molar-refractivity contribution >= 4 is 17.6 Å². The van der Waals surface area contributed by atoms with Crippen molar-refractivity contribution in [3.8, 4) is 5.75 Å². The number of carbonyl (C=O) groups excluding carboxylic acids is 2. The van der Waals surface area contributed by atoms with Crippen LogP contribution in [0.25, 0.3) is 0 Å². The Labute approximate surface area is 147 Å². The van der Waals surface area contributed by atoms with Crippen molar-refractivity contribution in [2.24, 2.45) is 0 Å². The number of anilines is 1. The van der Waals surface area contributed by atoms with Crippen LogP contribution in [0.2, 0.25) is 0 Å². The Balaban J connectivity index is 2.16. The van der Waals surface area contributed by atoms with Crippen molar-refractivity contribution in [2.45, 2.75) is 13.1 Å². The highest BCUT2D eigenvalue weighted by molar-refractivity contribution is 6.05. The van der Waals surface area contributed by atoms with Crippen LogP contribution in [-0.2, 0) is 4.74 Å². The van der Waals surface area contributed by atoms with Gasteiger partial charge in [0.25, 0.3) is 5.91 Å². The van der Waals surface area contributed by atoms with Gasteiger partial charge in [-0.05, 0) is 48.9 Å². The molecule has 0 heterocycles. The van der Waals surface area contributed by atoms with Crippen LogP contribution in [0, 0.1) is 6.92 Å². The van der Waals surface area contributed by atoms with Gasteiger partial charge in [0, 0.05) is 5.56 Å². The highest BCUT2D eigenvalue weighted by atomic mass is 19.4. The lowest BCUT2D eigenvalue weighted by atomic mass is 10.1. The van der Waals surface area contributed by atoms with E-state index in [0.29, 0.717) is 5.56 Å². The van der Waals surface area contributed by atoms with Crippen LogP contribution in [-0.4, -0.2) is 31.8 Å². The third-order valence-corrected chi connectivity index (χ3v) is 3.34. The van der Waals surface area contributed by atoms with E-state index >= 15 is 0 Å². The zero-order chi connectivity index (χ0) is 19.3. The summed E-state index contributed by atoms with van der Waals surface area (Å²) < 4.78 is 46.5. The lowest BCUT2D eigenvalue weighted by Gasteiger charge is -2.14. The van der Waals surface area contributed by atoms with Crippen molar-refractivity contribution in [1.82, 2.24) is 0 Å². The highest BCUT2D eigenvalue weighted by Gasteiger charge is 2.29. The summed E-state index contributed by atoms with van der Waals surface area (Å²) in [6, 6.07) is 10.1. The minimum atomic E-state index is -4.49. The Bertz CT molecular complexity index is 801. The number of benzene rings is 2. The third kappa shape index (κ3) is 5.23. The van der Waals surface area contributed by atoms with Crippen molar-refractivity contribution < 1.29 is 32.2 Å². The minimum absolute atomic E-state index is 0.0816. The normalized spacial score (nSPS) is 11.0. The lowest BCUT2D eigenvalue weighted by Crippen LogP contribution is -2.20. The Hall–Kier alpha value is -3.03. The molecule has 2 aromatic carbocycles. The molecule has 2 rings (SSSR count). The largest absolute Gasteiger partial charge is 0.482 e. The van der Waals surface area contributed by atoms with Gasteiger partial charge in [0.15, 0.2) is 6.61 Å². The number of carbonyl (C=O) groups is 2. The van der Waals surface area contributed by atoms with Crippen LogP contribution in [0.5, 0.6) is 5.75 Å². The molecule has 1 amide bonds. The van der Waals surface area contributed by atoms with Crippen LogP contribution in [0.4, 0.5) is 18.9 Å². The molecule has 0 spiro atoms. The number of halogens is 3. The van der Waals surface area contributed by atoms with E-state index < -0.39 is 24.7 Å². The van der Waals surface area contributed by atoms with E-state index in [1.54, 1.807) is 13.0 Å². The lowest BCUT2D eigenvalue weighted by molar-refractivity contribution is -0.153. The third-order valence-electron chi connectivity index (χ3n) is 3.34. The monoisotopic (exact) mass is 367 g/mol. The van der Waals surface area contributed by atoms with Gasteiger partial charge in [-0.3, -0.25) is 4.79 Å². The number of aryl methyl sites for hydroxylation is 1. The number of esters is 1. The maximum absolute atomic E-state index is 12.4. The predicted octanol–water partition coefficient (Wildman–Crippen LogP) is 3.98. The molecule has 0 unspecified atom stereocenters. The van der Waals surface area contributed by atoms with Crippen LogP contribution in [0.15, 0.2) is 42.5 Å². The first-order chi connectivity index (χ1) is 12.2. The molecule has 0 fully saturated rings. The quantitative estimate of drug-likeness (QED) is 0.812. The number of alkyl halides is 3. The number of nitrogens with one attached hydrogen (secondary N) is 1. The van der Waals surface area contributed by atoms with Gasteiger partial charge in [0.1, 0.15) is 5.75 Å². The van der Waals surface area contributed by atoms with Crippen molar-refractivity contribution in [1.29, 1.82) is 0 Å². The van der Waals surface area contributed by atoms with Crippen molar-refractivity contribution in [2.75, 3.05) is 19.0 Å². The zero-order valence-corrected chi connectivity index (χ0v) is 14.0. The first-order valence-electron chi connectivity index (χ1n) is 7.49. The molecule has 8 heteroatoms. The van der Waals surface area contributed by atoms with Gasteiger partial charge >= 0.3 is 12.1 Å². The summed E-state index contributed by atoms with van der Waals surface area (Å²) in [5.41, 5.74) is 1.29. The molecule has 1 N–H and O–H groups in total. The maximum Gasteiger partial charge on any atom is 0.422 e. The molecule has 138 valence electrons. The fourth-order valence-corrected chi connectivity index (χ4v) is 2.08. The summed E-state index contributed by atoms with van der Waals surface area (Å²) in [5, 5.41) is 2.51. The molecule has 0 aliphatic rings. The fourth-order valence-electron chi connectivity index (χ4n) is 2.08. The Kier molecular flexibility index (Phi) is 5.86. The van der Waals surface area contributed by atoms with E-state index in [-0.39, 0.29) is 22.6 Å². The molecular formula is C18H16F3NO4. The first-order valence-corrected chi connectivity index (χ1v) is 7.49. The molecular weight excluding hydrogens is 351 g/mol. The second-order valence-electron chi connectivity index (χ2n) is 5.43. The molecule has 0 aliphatic carbocycles. The summed E-state index contributed by atoms with van der Waals surface area (Å²) >= 11 is 0. The summed E-state index contributed by atoms with van der Waals surface area (Å²) in [6.45, 7) is 0.227. The van der Waals surface area contributed by atoms with Crippen LogP contribution in [0.1, 0.15) is 26.3 Å². The summed E-state index contributed by atoms with van der Waals surface area (Å²) in [5.74, 6) is -1.18. The number of rotatable bonds is 5. The Morgan fingerprint density at radius 3 is 2.23 bits per heavy atom. The SMILES string of the molecule is COC(=O)c1ccc(C(=O)Nc2ccc(C)cc2OCC(F)(F)F)cc1. The average molecular weight is 367 g/mol. The van der Waals surface area contributed by atoms with Gasteiger partial charge in [-0.25, -0.2) is 4.79 Å². The minimum Gasteiger partial charge on any atom is -0.482 e. The number of ether oxygens (including phenoxy) is 2. The molecule has 0 saturated heterocycles. The van der Waals surface area contributed by atoms with E-state index in [9.17, 15) is 22.8 Å². The summed E-state index contributed by atoms with van der Waals surface area (Å²) in [7, 11) is 1.24. The van der Waals surface area contributed by atoms with Gasteiger partial charge in [-0.1, -0.05) is 6.07 Å². The number of hydrogen-bond acceptors (Lipinski definition) is 4. The molecule has 0 saturated carbocycles. The van der Waals surface area contributed by atoms with Crippen molar-refractivity contribution in [3.63, 3.8) is 0 Å². The van der Waals surface area contributed by atoms with Gasteiger partial charge in [0.2, 0.25) is 0 Å². The standard InChI is InChI=1S/C18H16F3NO4/c1-11-3-8-14(15(9-11)26-10-18(19,20)21)22-16(23)12-4-6-13(7-5-12)17(24)25-2/h3-9H,10H2,1-2H3,(H,22,23). The molecule has 0 aliphatic heterocycles. The van der Waals surface area contributed by atoms with Crippen LogP contribution >= 0.6 is 0 Å². The van der Waals surface area contributed by atoms with Gasteiger partial charge in [-0.2, -0.15) is 13.2 Å². The smallest absolute Gasteiger partial charge is 0.422 e. The maximum atomic E-state index is 12.4. The average Bonchev–Trinajstić information content (AvgIpc) is 2.60. The summed E-state index contributed by atoms with van der Waals surface area (Å²) in [4.78, 5) is 23.7. The molecule has 0 aromatic heterocycles. The molecule has 0 radical (unpaired) electrons. The van der Waals surface area contributed by atoms with Crippen molar-refractivity contribution in [3.05, 3.63) is 59.2 Å². The van der Waals surface area contributed by atoms with Gasteiger partial charge < -0.3 is 14.8 Å². The van der Waals surface area contributed by atoms with Gasteiger partial charge in [-0.15, -0.1) is 0 Å². The Morgan fingerprint density at radius 2 is 1.65 bits per heavy atom. The zero-order valence-electron chi connectivity index (χ0n) is 14.0. The fraction of sp³-hybridized carbons (Fsp3) is 0.222. The molecule has 0 atom stereocenters. The molecule has 2 aromatic rings. The van der Waals surface area contributed by atoms with E-state index in [1.807, 2.05) is 0 Å². The molecule has 5 nitrogen and oxygen atoms in total.